The van der Waals surface area contributed by atoms with Crippen molar-refractivity contribution < 1.29 is 9.53 Å². The van der Waals surface area contributed by atoms with E-state index in [-0.39, 0.29) is 11.9 Å². The van der Waals surface area contributed by atoms with E-state index >= 15 is 0 Å². The standard InChI is InChI=1S/C19H26O2/c20-19(21-18-9-5-2-6-10-18)17-13-11-16(12-14-17)15-7-3-1-4-8-15/h2,5-6,9-10,15-17H,1,3-4,7-8,11-14H2. The van der Waals surface area contributed by atoms with Crippen molar-refractivity contribution >= 4 is 5.97 Å². The van der Waals surface area contributed by atoms with Crippen LogP contribution >= 0.6 is 0 Å². The number of benzene rings is 1. The van der Waals surface area contributed by atoms with Gasteiger partial charge in [0.25, 0.3) is 0 Å². The van der Waals surface area contributed by atoms with Crippen LogP contribution in [0, 0.1) is 17.8 Å². The van der Waals surface area contributed by atoms with E-state index in [0.717, 1.165) is 24.7 Å². The molecule has 0 radical (unpaired) electrons. The van der Waals surface area contributed by atoms with Crippen molar-refractivity contribution in [3.05, 3.63) is 30.3 Å². The van der Waals surface area contributed by atoms with E-state index in [9.17, 15) is 4.79 Å². The zero-order valence-electron chi connectivity index (χ0n) is 12.8. The Morgan fingerprint density at radius 2 is 1.43 bits per heavy atom. The second-order valence-electron chi connectivity index (χ2n) is 6.74. The Morgan fingerprint density at radius 1 is 0.810 bits per heavy atom. The normalized spacial score (nSPS) is 27.2. The third-order valence-corrected chi connectivity index (χ3v) is 5.38. The molecular formula is C19H26O2. The fourth-order valence-corrected chi connectivity index (χ4v) is 4.12. The van der Waals surface area contributed by atoms with Crippen molar-refractivity contribution in [2.45, 2.75) is 57.8 Å². The molecule has 21 heavy (non-hydrogen) atoms. The number of carbonyl (C=O) groups excluding carboxylic acids is 1. The third-order valence-electron chi connectivity index (χ3n) is 5.38. The first-order valence-electron chi connectivity index (χ1n) is 8.59. The summed E-state index contributed by atoms with van der Waals surface area (Å²) in [5.41, 5.74) is 0. The Bertz CT molecular complexity index is 440. The molecule has 2 nitrogen and oxygen atoms in total. The van der Waals surface area contributed by atoms with Gasteiger partial charge in [0.15, 0.2) is 0 Å². The second-order valence-corrected chi connectivity index (χ2v) is 6.74. The van der Waals surface area contributed by atoms with Gasteiger partial charge in [0.2, 0.25) is 0 Å². The number of hydrogen-bond donors (Lipinski definition) is 0. The molecule has 1 aromatic carbocycles. The van der Waals surface area contributed by atoms with Gasteiger partial charge in [-0.25, -0.2) is 0 Å². The summed E-state index contributed by atoms with van der Waals surface area (Å²) in [7, 11) is 0. The van der Waals surface area contributed by atoms with Gasteiger partial charge in [0, 0.05) is 0 Å². The monoisotopic (exact) mass is 286 g/mol. The minimum absolute atomic E-state index is 0.0247. The minimum Gasteiger partial charge on any atom is -0.426 e. The number of carbonyl (C=O) groups is 1. The van der Waals surface area contributed by atoms with Gasteiger partial charge in [-0.1, -0.05) is 50.3 Å². The van der Waals surface area contributed by atoms with Crippen molar-refractivity contribution in [1.29, 1.82) is 0 Å². The highest BCUT2D eigenvalue weighted by molar-refractivity contribution is 5.75. The fourth-order valence-electron chi connectivity index (χ4n) is 4.12. The van der Waals surface area contributed by atoms with Crippen LogP contribution in [0.5, 0.6) is 5.75 Å². The molecule has 3 rings (SSSR count). The van der Waals surface area contributed by atoms with E-state index in [1.54, 1.807) is 0 Å². The Hall–Kier alpha value is -1.31. The van der Waals surface area contributed by atoms with Crippen LogP contribution in [0.2, 0.25) is 0 Å². The summed E-state index contributed by atoms with van der Waals surface area (Å²) in [6.07, 6.45) is 11.6. The smallest absolute Gasteiger partial charge is 0.314 e. The highest BCUT2D eigenvalue weighted by Gasteiger charge is 2.32. The molecule has 2 aliphatic rings. The lowest BCUT2D eigenvalue weighted by molar-refractivity contribution is -0.140. The molecule has 114 valence electrons. The average molecular weight is 286 g/mol. The Morgan fingerprint density at radius 3 is 2.10 bits per heavy atom. The van der Waals surface area contributed by atoms with Gasteiger partial charge in [-0.15, -0.1) is 0 Å². The lowest BCUT2D eigenvalue weighted by Crippen LogP contribution is -2.29. The van der Waals surface area contributed by atoms with Gasteiger partial charge in [-0.2, -0.15) is 0 Å². The topological polar surface area (TPSA) is 26.3 Å². The molecule has 0 bridgehead atoms. The van der Waals surface area contributed by atoms with Crippen molar-refractivity contribution in [1.82, 2.24) is 0 Å². The van der Waals surface area contributed by atoms with Gasteiger partial charge in [0.1, 0.15) is 5.75 Å². The van der Waals surface area contributed by atoms with Gasteiger partial charge in [0.05, 0.1) is 5.92 Å². The molecule has 0 aromatic heterocycles. The average Bonchev–Trinajstić information content (AvgIpc) is 2.57. The summed E-state index contributed by atoms with van der Waals surface area (Å²) in [4.78, 5) is 12.2. The van der Waals surface area contributed by atoms with Crippen molar-refractivity contribution in [3.8, 4) is 5.75 Å². The van der Waals surface area contributed by atoms with E-state index in [1.165, 1.54) is 44.9 Å². The molecule has 0 saturated heterocycles. The molecule has 2 saturated carbocycles. The molecule has 2 aliphatic carbocycles. The van der Waals surface area contributed by atoms with Gasteiger partial charge in [-0.05, 0) is 49.7 Å². The van der Waals surface area contributed by atoms with Crippen molar-refractivity contribution in [2.24, 2.45) is 17.8 Å². The number of rotatable bonds is 3. The van der Waals surface area contributed by atoms with Crippen LogP contribution in [-0.4, -0.2) is 5.97 Å². The van der Waals surface area contributed by atoms with Crippen molar-refractivity contribution in [3.63, 3.8) is 0 Å². The summed E-state index contributed by atoms with van der Waals surface area (Å²) >= 11 is 0. The van der Waals surface area contributed by atoms with Gasteiger partial charge < -0.3 is 4.74 Å². The third kappa shape index (κ3) is 3.87. The predicted octanol–water partition coefficient (Wildman–Crippen LogP) is 4.98. The summed E-state index contributed by atoms with van der Waals surface area (Å²) in [5.74, 6) is 2.57. The lowest BCUT2D eigenvalue weighted by atomic mass is 9.71. The van der Waals surface area contributed by atoms with Crippen LogP contribution in [0.3, 0.4) is 0 Å². The zero-order chi connectivity index (χ0) is 14.5. The van der Waals surface area contributed by atoms with Gasteiger partial charge >= 0.3 is 5.97 Å². The van der Waals surface area contributed by atoms with Crippen LogP contribution in [0.25, 0.3) is 0 Å². The van der Waals surface area contributed by atoms with Crippen LogP contribution < -0.4 is 4.74 Å². The molecule has 0 N–H and O–H groups in total. The first kappa shape index (κ1) is 14.6. The maximum atomic E-state index is 12.2. The van der Waals surface area contributed by atoms with Crippen LogP contribution in [-0.2, 0) is 4.79 Å². The Balaban J connectivity index is 1.47. The molecule has 0 spiro atoms. The molecule has 2 heteroatoms. The SMILES string of the molecule is O=C(Oc1ccccc1)C1CCC(C2CCCCC2)CC1. The van der Waals surface area contributed by atoms with Crippen molar-refractivity contribution in [2.75, 3.05) is 0 Å². The second kappa shape index (κ2) is 7.11. The zero-order valence-corrected chi connectivity index (χ0v) is 12.8. The number of esters is 1. The summed E-state index contributed by atoms with van der Waals surface area (Å²) in [6, 6.07) is 9.45. The Labute approximate surface area is 127 Å². The molecule has 0 aliphatic heterocycles. The maximum absolute atomic E-state index is 12.2. The highest BCUT2D eigenvalue weighted by atomic mass is 16.5. The number of hydrogen-bond acceptors (Lipinski definition) is 2. The largest absolute Gasteiger partial charge is 0.426 e. The molecule has 0 unspecified atom stereocenters. The molecule has 1 aromatic rings. The highest BCUT2D eigenvalue weighted by Crippen LogP contribution is 2.40. The van der Waals surface area contributed by atoms with Gasteiger partial charge in [-0.3, -0.25) is 4.79 Å². The number of para-hydroxylation sites is 1. The first-order chi connectivity index (χ1) is 10.3. The minimum atomic E-state index is -0.0247. The molecule has 0 atom stereocenters. The lowest BCUT2D eigenvalue weighted by Gasteiger charge is -2.35. The molecule has 2 fully saturated rings. The van der Waals surface area contributed by atoms with Crippen LogP contribution in [0.1, 0.15) is 57.8 Å². The van der Waals surface area contributed by atoms with E-state index in [2.05, 4.69) is 0 Å². The van der Waals surface area contributed by atoms with E-state index < -0.39 is 0 Å². The van der Waals surface area contributed by atoms with E-state index in [4.69, 9.17) is 4.74 Å². The molecule has 0 amide bonds. The first-order valence-corrected chi connectivity index (χ1v) is 8.59. The van der Waals surface area contributed by atoms with Crippen LogP contribution in [0.15, 0.2) is 30.3 Å². The van der Waals surface area contributed by atoms with Crippen LogP contribution in [0.4, 0.5) is 0 Å². The molecule has 0 heterocycles. The Kier molecular flexibility index (Phi) is 4.95. The summed E-state index contributed by atoms with van der Waals surface area (Å²) < 4.78 is 5.50. The maximum Gasteiger partial charge on any atom is 0.314 e. The molecular weight excluding hydrogens is 260 g/mol. The summed E-state index contributed by atoms with van der Waals surface area (Å²) in [6.45, 7) is 0. The predicted molar refractivity (Wildman–Crippen MR) is 84.1 cm³/mol. The number of ether oxygens (including phenoxy) is 1. The van der Waals surface area contributed by atoms with E-state index in [1.807, 2.05) is 30.3 Å². The van der Waals surface area contributed by atoms with E-state index in [0.29, 0.717) is 5.75 Å². The quantitative estimate of drug-likeness (QED) is 0.578. The summed E-state index contributed by atoms with van der Waals surface area (Å²) in [5, 5.41) is 0. The fraction of sp³-hybridized carbons (Fsp3) is 0.632.